The number of carbonyl (C=O) groups excluding carboxylic acids is 1. The highest BCUT2D eigenvalue weighted by Crippen LogP contribution is 2.34. The summed E-state index contributed by atoms with van der Waals surface area (Å²) in [5.74, 6) is -0.399. The number of amides is 1. The van der Waals surface area contributed by atoms with E-state index in [1.165, 1.54) is 18.2 Å². The molecule has 3 N–H and O–H groups in total. The topological polar surface area (TPSA) is 64.3 Å². The third-order valence-electron chi connectivity index (χ3n) is 3.27. The van der Waals surface area contributed by atoms with Gasteiger partial charge in [0.2, 0.25) is 0 Å². The van der Waals surface area contributed by atoms with Crippen molar-refractivity contribution in [3.8, 4) is 5.75 Å². The molecule has 2 aromatic carbocycles. The summed E-state index contributed by atoms with van der Waals surface area (Å²) in [4.78, 5) is 12.3. The fourth-order valence-electron chi connectivity index (χ4n) is 2.22. The first kappa shape index (κ1) is 13.9. The van der Waals surface area contributed by atoms with Crippen molar-refractivity contribution in [2.75, 3.05) is 11.9 Å². The monoisotopic (exact) mass is 306 g/mol. The molecule has 3 rings (SSSR count). The van der Waals surface area contributed by atoms with Crippen molar-refractivity contribution in [2.45, 2.75) is 6.04 Å². The lowest BCUT2D eigenvalue weighted by molar-refractivity contribution is 0.102. The Bertz CT molecular complexity index is 721. The number of hydrogen-bond acceptors (Lipinski definition) is 3. The van der Waals surface area contributed by atoms with E-state index in [-0.39, 0.29) is 17.0 Å². The van der Waals surface area contributed by atoms with Crippen molar-refractivity contribution in [3.05, 3.63) is 58.4 Å². The quantitative estimate of drug-likeness (QED) is 0.896. The number of rotatable bonds is 2. The van der Waals surface area contributed by atoms with Crippen molar-refractivity contribution in [3.63, 3.8) is 0 Å². The number of carbonyl (C=O) groups is 1. The molecule has 0 aromatic heterocycles. The molecule has 6 heteroatoms. The molecule has 1 heterocycles. The Hall–Kier alpha value is -2.11. The predicted molar refractivity (Wildman–Crippen MR) is 78.2 cm³/mol. The molecule has 0 saturated heterocycles. The van der Waals surface area contributed by atoms with Crippen LogP contribution in [0.2, 0.25) is 5.02 Å². The molecule has 0 bridgehead atoms. The maximum atomic E-state index is 13.1. The number of fused-ring (bicyclic) bond motifs is 1. The van der Waals surface area contributed by atoms with Crippen molar-refractivity contribution in [1.82, 2.24) is 0 Å². The van der Waals surface area contributed by atoms with E-state index >= 15 is 0 Å². The van der Waals surface area contributed by atoms with Gasteiger partial charge < -0.3 is 15.8 Å². The molecular formula is C15H12ClFN2O2. The minimum atomic E-state index is -0.537. The van der Waals surface area contributed by atoms with E-state index in [2.05, 4.69) is 5.32 Å². The van der Waals surface area contributed by atoms with Crippen molar-refractivity contribution in [2.24, 2.45) is 5.73 Å². The minimum Gasteiger partial charge on any atom is -0.490 e. The maximum absolute atomic E-state index is 13.1. The average molecular weight is 307 g/mol. The lowest BCUT2D eigenvalue weighted by atomic mass is 10.0. The second-order valence-electron chi connectivity index (χ2n) is 4.72. The van der Waals surface area contributed by atoms with E-state index < -0.39 is 5.82 Å². The van der Waals surface area contributed by atoms with Gasteiger partial charge in [0.15, 0.2) is 0 Å². The highest BCUT2D eigenvalue weighted by molar-refractivity contribution is 6.31. The number of para-hydroxylation sites is 1. The average Bonchev–Trinajstić information content (AvgIpc) is 2.85. The van der Waals surface area contributed by atoms with Gasteiger partial charge in [-0.15, -0.1) is 0 Å². The first-order valence-corrected chi connectivity index (χ1v) is 6.72. The summed E-state index contributed by atoms with van der Waals surface area (Å²) in [5.41, 5.74) is 7.49. The van der Waals surface area contributed by atoms with Crippen LogP contribution in [0.1, 0.15) is 22.0 Å². The fraction of sp³-hybridized carbons (Fsp3) is 0.133. The molecule has 0 radical (unpaired) electrons. The van der Waals surface area contributed by atoms with Gasteiger partial charge in [0.05, 0.1) is 16.6 Å². The Morgan fingerprint density at radius 3 is 2.95 bits per heavy atom. The fourth-order valence-corrected chi connectivity index (χ4v) is 2.40. The van der Waals surface area contributed by atoms with Gasteiger partial charge in [0.25, 0.3) is 5.91 Å². The van der Waals surface area contributed by atoms with Crippen LogP contribution in [0.3, 0.4) is 0 Å². The zero-order valence-corrected chi connectivity index (χ0v) is 11.7. The summed E-state index contributed by atoms with van der Waals surface area (Å²) in [7, 11) is 0. The van der Waals surface area contributed by atoms with Crippen LogP contribution in [-0.4, -0.2) is 12.5 Å². The van der Waals surface area contributed by atoms with E-state index in [1.54, 1.807) is 12.1 Å². The van der Waals surface area contributed by atoms with E-state index in [4.69, 9.17) is 22.1 Å². The maximum Gasteiger partial charge on any atom is 0.259 e. The van der Waals surface area contributed by atoms with Crippen molar-refractivity contribution < 1.29 is 13.9 Å². The Morgan fingerprint density at radius 2 is 2.19 bits per heavy atom. The number of hydrogen-bond donors (Lipinski definition) is 2. The van der Waals surface area contributed by atoms with Gasteiger partial charge in [-0.2, -0.15) is 0 Å². The number of benzene rings is 2. The minimum absolute atomic E-state index is 0.0515. The highest BCUT2D eigenvalue weighted by atomic mass is 35.5. The van der Waals surface area contributed by atoms with Gasteiger partial charge in [-0.3, -0.25) is 4.79 Å². The first-order chi connectivity index (χ1) is 10.1. The summed E-state index contributed by atoms with van der Waals surface area (Å²) in [5, 5.41) is 2.61. The van der Waals surface area contributed by atoms with E-state index in [1.807, 2.05) is 6.07 Å². The van der Waals surface area contributed by atoms with Gasteiger partial charge >= 0.3 is 0 Å². The first-order valence-electron chi connectivity index (χ1n) is 6.34. The Morgan fingerprint density at radius 1 is 1.38 bits per heavy atom. The molecule has 108 valence electrons. The Labute approximate surface area is 125 Å². The molecule has 1 amide bonds. The van der Waals surface area contributed by atoms with Gasteiger partial charge in [0, 0.05) is 11.3 Å². The molecule has 2 aromatic rings. The Kier molecular flexibility index (Phi) is 3.53. The third kappa shape index (κ3) is 2.57. The predicted octanol–water partition coefficient (Wildman–Crippen LogP) is 3.12. The van der Waals surface area contributed by atoms with Crippen LogP contribution in [0.4, 0.5) is 10.1 Å². The summed E-state index contributed by atoms with van der Waals surface area (Å²) >= 11 is 5.69. The number of anilines is 1. The van der Waals surface area contributed by atoms with Gasteiger partial charge in [-0.25, -0.2) is 4.39 Å². The largest absolute Gasteiger partial charge is 0.490 e. The standard InChI is InChI=1S/C15H12ClFN2O2/c16-11-6-8(4-5-12(11)17)19-15(20)10-3-1-2-9-13(18)7-21-14(9)10/h1-6,13H,7,18H2,(H,19,20). The SMILES string of the molecule is NC1COc2c(C(=O)Nc3ccc(F)c(Cl)c3)cccc21. The number of halogens is 2. The van der Waals surface area contributed by atoms with Crippen LogP contribution in [-0.2, 0) is 0 Å². The van der Waals surface area contributed by atoms with Gasteiger partial charge in [-0.05, 0) is 24.3 Å². The summed E-state index contributed by atoms with van der Waals surface area (Å²) in [6.07, 6.45) is 0. The molecular weight excluding hydrogens is 295 g/mol. The zero-order valence-electron chi connectivity index (χ0n) is 10.9. The number of nitrogens with one attached hydrogen (secondary N) is 1. The van der Waals surface area contributed by atoms with Crippen LogP contribution in [0.5, 0.6) is 5.75 Å². The van der Waals surface area contributed by atoms with Gasteiger partial charge in [-0.1, -0.05) is 23.7 Å². The Balaban J connectivity index is 1.88. The summed E-state index contributed by atoms with van der Waals surface area (Å²) in [6, 6.07) is 8.99. The molecule has 1 unspecified atom stereocenters. The van der Waals surface area contributed by atoms with Gasteiger partial charge in [0.1, 0.15) is 18.2 Å². The van der Waals surface area contributed by atoms with Crippen LogP contribution < -0.4 is 15.8 Å². The normalized spacial score (nSPS) is 16.2. The number of ether oxygens (including phenoxy) is 1. The molecule has 0 spiro atoms. The van der Waals surface area contributed by atoms with Crippen molar-refractivity contribution in [1.29, 1.82) is 0 Å². The molecule has 1 atom stereocenters. The lowest BCUT2D eigenvalue weighted by Crippen LogP contribution is -2.13. The summed E-state index contributed by atoms with van der Waals surface area (Å²) in [6.45, 7) is 0.349. The van der Waals surface area contributed by atoms with Crippen molar-refractivity contribution >= 4 is 23.2 Å². The van der Waals surface area contributed by atoms with E-state index in [0.717, 1.165) is 5.56 Å². The third-order valence-corrected chi connectivity index (χ3v) is 3.56. The second kappa shape index (κ2) is 5.35. The molecule has 1 aliphatic heterocycles. The molecule has 1 aliphatic rings. The zero-order chi connectivity index (χ0) is 15.0. The van der Waals surface area contributed by atoms with E-state index in [0.29, 0.717) is 23.6 Å². The lowest BCUT2D eigenvalue weighted by Gasteiger charge is -2.09. The number of nitrogens with two attached hydrogens (primary N) is 1. The molecule has 4 nitrogen and oxygen atoms in total. The van der Waals surface area contributed by atoms with Crippen LogP contribution in [0, 0.1) is 5.82 Å². The second-order valence-corrected chi connectivity index (χ2v) is 5.13. The molecule has 0 aliphatic carbocycles. The molecule has 0 fully saturated rings. The molecule has 0 saturated carbocycles. The van der Waals surface area contributed by atoms with Crippen LogP contribution >= 0.6 is 11.6 Å². The smallest absolute Gasteiger partial charge is 0.259 e. The van der Waals surface area contributed by atoms with Crippen LogP contribution in [0.15, 0.2) is 36.4 Å². The highest BCUT2D eigenvalue weighted by Gasteiger charge is 2.25. The summed E-state index contributed by atoms with van der Waals surface area (Å²) < 4.78 is 18.6. The molecule has 21 heavy (non-hydrogen) atoms. The van der Waals surface area contributed by atoms with E-state index in [9.17, 15) is 9.18 Å². The van der Waals surface area contributed by atoms with Crippen LogP contribution in [0.25, 0.3) is 0 Å².